The first-order valence-electron chi connectivity index (χ1n) is 10.6. The van der Waals surface area contributed by atoms with Gasteiger partial charge in [-0.2, -0.15) is 5.10 Å². The van der Waals surface area contributed by atoms with E-state index < -0.39 is 0 Å². The largest absolute Gasteiger partial charge is 0.338 e. The Balaban J connectivity index is 1.58. The first-order valence-corrected chi connectivity index (χ1v) is 10.6. The van der Waals surface area contributed by atoms with E-state index in [0.29, 0.717) is 17.9 Å². The number of amides is 1. The number of fused-ring (bicyclic) bond motifs is 1. The fourth-order valence-electron chi connectivity index (χ4n) is 6.20. The van der Waals surface area contributed by atoms with Crippen LogP contribution in [0.2, 0.25) is 0 Å². The monoisotopic (exact) mass is 394 g/mol. The van der Waals surface area contributed by atoms with Gasteiger partial charge >= 0.3 is 0 Å². The molecule has 1 amide bonds. The Morgan fingerprint density at radius 3 is 2.52 bits per heavy atom. The lowest BCUT2D eigenvalue weighted by Crippen LogP contribution is -2.57. The summed E-state index contributed by atoms with van der Waals surface area (Å²) in [6, 6.07) is 10.3. The molecule has 0 N–H and O–H groups in total. The minimum absolute atomic E-state index is 0.155. The third-order valence-corrected chi connectivity index (χ3v) is 7.09. The molecule has 2 aromatic rings. The molecule has 0 unspecified atom stereocenters. The van der Waals surface area contributed by atoms with E-state index in [-0.39, 0.29) is 11.3 Å². The fraction of sp³-hybridized carbons (Fsp3) is 0.583. The Bertz CT molecular complexity index is 910. The van der Waals surface area contributed by atoms with Crippen molar-refractivity contribution in [2.45, 2.75) is 40.7 Å². The van der Waals surface area contributed by atoms with E-state index in [1.54, 1.807) is 0 Å². The lowest BCUT2D eigenvalue weighted by molar-refractivity contribution is -0.0789. The van der Waals surface area contributed by atoms with Crippen molar-refractivity contribution in [3.05, 3.63) is 52.8 Å². The van der Waals surface area contributed by atoms with Crippen LogP contribution in [0.5, 0.6) is 0 Å². The van der Waals surface area contributed by atoms with Gasteiger partial charge in [-0.3, -0.25) is 9.48 Å². The van der Waals surface area contributed by atoms with Crippen molar-refractivity contribution in [2.75, 3.05) is 33.7 Å². The van der Waals surface area contributed by atoms with Gasteiger partial charge in [-0.05, 0) is 51.3 Å². The number of likely N-dealkylation sites (tertiary alicyclic amines) is 1. The quantitative estimate of drug-likeness (QED) is 0.778. The maximum absolute atomic E-state index is 13.6. The van der Waals surface area contributed by atoms with Gasteiger partial charge in [0.25, 0.3) is 5.91 Å². The highest BCUT2D eigenvalue weighted by atomic mass is 16.2. The number of carbonyl (C=O) groups is 1. The minimum Gasteiger partial charge on any atom is -0.338 e. The molecule has 0 bridgehead atoms. The van der Waals surface area contributed by atoms with Crippen LogP contribution in [0.1, 0.15) is 47.6 Å². The lowest BCUT2D eigenvalue weighted by Gasteiger charge is -2.57. The van der Waals surface area contributed by atoms with Crippen LogP contribution in [0.15, 0.2) is 30.3 Å². The van der Waals surface area contributed by atoms with Gasteiger partial charge in [-0.1, -0.05) is 44.2 Å². The number of carbonyl (C=O) groups excluding carboxylic acids is 1. The van der Waals surface area contributed by atoms with Gasteiger partial charge in [0.2, 0.25) is 0 Å². The summed E-state index contributed by atoms with van der Waals surface area (Å²) in [7, 11) is 4.28. The highest BCUT2D eigenvalue weighted by Gasteiger charge is 2.63. The number of nitrogens with zero attached hydrogens (tertiary/aromatic N) is 4. The fourth-order valence-corrected chi connectivity index (χ4v) is 6.20. The Morgan fingerprint density at radius 2 is 1.90 bits per heavy atom. The molecule has 1 aliphatic carbocycles. The second kappa shape index (κ2) is 6.98. The third kappa shape index (κ3) is 3.39. The Hall–Kier alpha value is -2.14. The molecule has 4 rings (SSSR count). The number of hydrogen-bond acceptors (Lipinski definition) is 3. The average Bonchev–Trinajstić information content (AvgIpc) is 3.09. The summed E-state index contributed by atoms with van der Waals surface area (Å²) in [5.41, 5.74) is 4.35. The van der Waals surface area contributed by atoms with E-state index in [1.807, 2.05) is 36.7 Å². The maximum atomic E-state index is 13.6. The SMILES string of the molecule is Cc1nn(Cc2ccccc2)c(C)c1C(=O)N1C[C@@H]2C(C)(C)C[C@]2(CN(C)C)C1. The van der Waals surface area contributed by atoms with Gasteiger partial charge in [0.1, 0.15) is 0 Å². The highest BCUT2D eigenvalue weighted by molar-refractivity contribution is 5.96. The highest BCUT2D eigenvalue weighted by Crippen LogP contribution is 2.63. The molecule has 1 aromatic carbocycles. The molecule has 1 aliphatic heterocycles. The third-order valence-electron chi connectivity index (χ3n) is 7.09. The number of aromatic nitrogens is 2. The zero-order chi connectivity index (χ0) is 21.0. The zero-order valence-electron chi connectivity index (χ0n) is 18.7. The van der Waals surface area contributed by atoms with Crippen molar-refractivity contribution in [3.8, 4) is 0 Å². The summed E-state index contributed by atoms with van der Waals surface area (Å²) < 4.78 is 1.97. The summed E-state index contributed by atoms with van der Waals surface area (Å²) in [5.74, 6) is 0.726. The molecule has 2 heterocycles. The predicted octanol–water partition coefficient (Wildman–Crippen LogP) is 3.60. The van der Waals surface area contributed by atoms with Crippen LogP contribution < -0.4 is 0 Å². The maximum Gasteiger partial charge on any atom is 0.257 e. The first kappa shape index (κ1) is 20.1. The number of rotatable bonds is 5. The second-order valence-corrected chi connectivity index (χ2v) is 10.2. The van der Waals surface area contributed by atoms with Gasteiger partial charge in [0, 0.05) is 30.7 Å². The molecule has 5 heteroatoms. The van der Waals surface area contributed by atoms with Crippen LogP contribution in [-0.2, 0) is 6.54 Å². The van der Waals surface area contributed by atoms with Crippen molar-refractivity contribution in [1.29, 1.82) is 0 Å². The van der Waals surface area contributed by atoms with E-state index in [9.17, 15) is 4.79 Å². The van der Waals surface area contributed by atoms with E-state index in [1.165, 1.54) is 12.0 Å². The van der Waals surface area contributed by atoms with Crippen LogP contribution in [0.25, 0.3) is 0 Å². The standard InChI is InChI=1S/C24H34N4O/c1-17-21(18(2)28(25-17)12-19-10-8-7-9-11-19)22(29)27-13-20-23(3,4)14-24(20,16-27)15-26(5)6/h7-11,20H,12-16H2,1-6H3/t20-,24+/m1/s1. The van der Waals surface area contributed by atoms with Crippen LogP contribution in [0.4, 0.5) is 0 Å². The van der Waals surface area contributed by atoms with Gasteiger partial charge in [0.15, 0.2) is 0 Å². The predicted molar refractivity (Wildman–Crippen MR) is 116 cm³/mol. The molecule has 2 aliphatic rings. The van der Waals surface area contributed by atoms with E-state index in [4.69, 9.17) is 5.10 Å². The molecule has 2 atom stereocenters. The minimum atomic E-state index is 0.155. The summed E-state index contributed by atoms with van der Waals surface area (Å²) in [6.45, 7) is 12.2. The average molecular weight is 395 g/mol. The van der Waals surface area contributed by atoms with E-state index >= 15 is 0 Å². The molecular formula is C24H34N4O. The molecule has 1 aromatic heterocycles. The normalized spacial score (nSPS) is 25.2. The van der Waals surface area contributed by atoms with Crippen molar-refractivity contribution in [3.63, 3.8) is 0 Å². The summed E-state index contributed by atoms with van der Waals surface area (Å²) in [6.07, 6.45) is 1.19. The van der Waals surface area contributed by atoms with Crippen molar-refractivity contribution >= 4 is 5.91 Å². The van der Waals surface area contributed by atoms with Crippen molar-refractivity contribution in [2.24, 2.45) is 16.7 Å². The van der Waals surface area contributed by atoms with Gasteiger partial charge < -0.3 is 9.80 Å². The zero-order valence-corrected chi connectivity index (χ0v) is 18.7. The molecular weight excluding hydrogens is 360 g/mol. The van der Waals surface area contributed by atoms with Gasteiger partial charge in [-0.25, -0.2) is 0 Å². The smallest absolute Gasteiger partial charge is 0.257 e. The summed E-state index contributed by atoms with van der Waals surface area (Å²) in [4.78, 5) is 18.0. The Labute approximate surface area is 174 Å². The number of benzene rings is 1. The number of hydrogen-bond donors (Lipinski definition) is 0. The molecule has 156 valence electrons. The van der Waals surface area contributed by atoms with Gasteiger partial charge in [-0.15, -0.1) is 0 Å². The molecule has 1 saturated carbocycles. The lowest BCUT2D eigenvalue weighted by atomic mass is 9.48. The number of aryl methyl sites for hydroxylation is 1. The van der Waals surface area contributed by atoms with Crippen LogP contribution >= 0.6 is 0 Å². The van der Waals surface area contributed by atoms with Gasteiger partial charge in [0.05, 0.1) is 17.8 Å². The van der Waals surface area contributed by atoms with Crippen LogP contribution in [0.3, 0.4) is 0 Å². The summed E-state index contributed by atoms with van der Waals surface area (Å²) in [5, 5.41) is 4.71. The van der Waals surface area contributed by atoms with E-state index in [0.717, 1.165) is 36.6 Å². The van der Waals surface area contributed by atoms with E-state index in [2.05, 4.69) is 49.9 Å². The first-order chi connectivity index (χ1) is 13.6. The second-order valence-electron chi connectivity index (χ2n) is 10.2. The Kier molecular flexibility index (Phi) is 4.85. The molecule has 0 radical (unpaired) electrons. The summed E-state index contributed by atoms with van der Waals surface area (Å²) >= 11 is 0. The molecule has 0 spiro atoms. The molecule has 1 saturated heterocycles. The molecule has 2 fully saturated rings. The van der Waals surface area contributed by atoms with Crippen LogP contribution in [0, 0.1) is 30.6 Å². The van der Waals surface area contributed by atoms with Crippen molar-refractivity contribution < 1.29 is 4.79 Å². The molecule has 5 nitrogen and oxygen atoms in total. The van der Waals surface area contributed by atoms with Crippen molar-refractivity contribution in [1.82, 2.24) is 19.6 Å². The molecule has 29 heavy (non-hydrogen) atoms. The topological polar surface area (TPSA) is 41.4 Å². The van der Waals surface area contributed by atoms with Crippen LogP contribution in [-0.4, -0.2) is 59.2 Å². The Morgan fingerprint density at radius 1 is 1.21 bits per heavy atom.